The SMILES string of the molecule is CN1CCOc2cc(C3Oc4cc(-c5cnc(C6C[C@@H](F)CN6)[nH]5)ccc4-c4c(Cl)c5cc(-c6cnc([C@@H]7C[C@@H](F)CN7)[nH]6)ccc5n43)ccc21. The van der Waals surface area contributed by atoms with Crippen LogP contribution in [0.25, 0.3) is 44.7 Å². The minimum absolute atomic E-state index is 0.141. The molecular weight excluding hydrogens is 674 g/mol. The fourth-order valence-corrected chi connectivity index (χ4v) is 8.30. The minimum atomic E-state index is -0.878. The van der Waals surface area contributed by atoms with Gasteiger partial charge in [-0.1, -0.05) is 29.8 Å². The number of likely N-dealkylation sites (N-methyl/N-ethyl adjacent to an activating group) is 1. The van der Waals surface area contributed by atoms with Gasteiger partial charge in [-0.25, -0.2) is 18.7 Å². The molecule has 2 saturated heterocycles. The number of H-pyrrole nitrogens is 2. The number of rotatable bonds is 5. The summed E-state index contributed by atoms with van der Waals surface area (Å²) in [5, 5.41) is 7.88. The molecular formula is C38H35ClF2N8O2. The van der Waals surface area contributed by atoms with Crippen LogP contribution in [0.1, 0.15) is 48.4 Å². The van der Waals surface area contributed by atoms with Gasteiger partial charge >= 0.3 is 0 Å². The highest BCUT2D eigenvalue weighted by Gasteiger charge is 2.34. The second-order valence-electron chi connectivity index (χ2n) is 13.9. The first-order valence-corrected chi connectivity index (χ1v) is 17.7. The average Bonchev–Trinajstić information content (AvgIpc) is 3.99. The fourth-order valence-electron chi connectivity index (χ4n) is 7.96. The topological polar surface area (TPSA) is 108 Å². The number of aromatic amines is 2. The smallest absolute Gasteiger partial charge is 0.203 e. The lowest BCUT2D eigenvalue weighted by Gasteiger charge is -2.32. The lowest BCUT2D eigenvalue weighted by atomic mass is 10.0. The molecule has 51 heavy (non-hydrogen) atoms. The van der Waals surface area contributed by atoms with Crippen LogP contribution in [-0.4, -0.2) is 70.1 Å². The molecule has 3 aromatic heterocycles. The normalized spacial score (nSPS) is 23.9. The van der Waals surface area contributed by atoms with Crippen LogP contribution in [0.15, 0.2) is 67.0 Å². The number of ether oxygens (including phenoxy) is 2. The summed E-state index contributed by atoms with van der Waals surface area (Å²) in [6.07, 6.45) is 2.07. The van der Waals surface area contributed by atoms with Crippen molar-refractivity contribution in [3.05, 3.63) is 89.2 Å². The number of nitrogens with zero attached hydrogens (tertiary/aromatic N) is 4. The van der Waals surface area contributed by atoms with Crippen LogP contribution < -0.4 is 25.0 Å². The zero-order chi connectivity index (χ0) is 34.4. The Morgan fingerprint density at radius 2 is 1.51 bits per heavy atom. The van der Waals surface area contributed by atoms with E-state index in [1.807, 2.05) is 24.3 Å². The van der Waals surface area contributed by atoms with Crippen molar-refractivity contribution < 1.29 is 18.3 Å². The number of nitrogens with one attached hydrogen (secondary N) is 4. The number of halogens is 3. The van der Waals surface area contributed by atoms with Crippen molar-refractivity contribution in [1.29, 1.82) is 0 Å². The van der Waals surface area contributed by atoms with Crippen molar-refractivity contribution in [3.8, 4) is 45.3 Å². The number of anilines is 1. The molecule has 0 aliphatic carbocycles. The van der Waals surface area contributed by atoms with E-state index in [-0.39, 0.29) is 12.1 Å². The molecule has 0 amide bonds. The van der Waals surface area contributed by atoms with Gasteiger partial charge < -0.3 is 35.0 Å². The van der Waals surface area contributed by atoms with Crippen molar-refractivity contribution in [1.82, 2.24) is 35.1 Å². The molecule has 4 N–H and O–H groups in total. The maximum Gasteiger partial charge on any atom is 0.203 e. The Labute approximate surface area is 297 Å². The van der Waals surface area contributed by atoms with Crippen LogP contribution >= 0.6 is 11.6 Å². The Hall–Kier alpha value is -4.91. The maximum absolute atomic E-state index is 13.9. The Kier molecular flexibility index (Phi) is 7.16. The highest BCUT2D eigenvalue weighted by atomic mass is 35.5. The molecule has 4 aliphatic heterocycles. The number of imidazole rings is 2. The molecule has 260 valence electrons. The van der Waals surface area contributed by atoms with Gasteiger partial charge in [-0.2, -0.15) is 0 Å². The molecule has 13 heteroatoms. The second kappa shape index (κ2) is 11.8. The largest absolute Gasteiger partial charge is 0.490 e. The molecule has 0 saturated carbocycles. The van der Waals surface area contributed by atoms with E-state index in [4.69, 9.17) is 21.1 Å². The monoisotopic (exact) mass is 708 g/mol. The lowest BCUT2D eigenvalue weighted by molar-refractivity contribution is 0.173. The number of fused-ring (bicyclic) bond motifs is 6. The molecule has 4 aliphatic rings. The molecule has 5 atom stereocenters. The molecule has 3 aromatic carbocycles. The van der Waals surface area contributed by atoms with Crippen molar-refractivity contribution in [3.63, 3.8) is 0 Å². The summed E-state index contributed by atoms with van der Waals surface area (Å²) >= 11 is 7.38. The third-order valence-corrected chi connectivity index (χ3v) is 11.0. The van der Waals surface area contributed by atoms with E-state index in [1.165, 1.54) is 0 Å². The Bertz CT molecular complexity index is 2320. The summed E-state index contributed by atoms with van der Waals surface area (Å²) in [6.45, 7) is 2.08. The minimum Gasteiger partial charge on any atom is -0.490 e. The molecule has 0 spiro atoms. The summed E-state index contributed by atoms with van der Waals surface area (Å²) in [4.78, 5) is 18.1. The van der Waals surface area contributed by atoms with Gasteiger partial charge in [-0.15, -0.1) is 0 Å². The van der Waals surface area contributed by atoms with Gasteiger partial charge in [-0.05, 0) is 36.4 Å². The van der Waals surface area contributed by atoms with Crippen LogP contribution in [0, 0.1) is 0 Å². The van der Waals surface area contributed by atoms with Crippen LogP contribution in [0.3, 0.4) is 0 Å². The summed E-state index contributed by atoms with van der Waals surface area (Å²) in [7, 11) is 2.06. The first-order valence-electron chi connectivity index (χ1n) is 17.4. The lowest BCUT2D eigenvalue weighted by Crippen LogP contribution is -2.29. The average molecular weight is 709 g/mol. The van der Waals surface area contributed by atoms with Gasteiger partial charge in [0.2, 0.25) is 6.23 Å². The quantitative estimate of drug-likeness (QED) is 0.149. The van der Waals surface area contributed by atoms with E-state index in [9.17, 15) is 8.78 Å². The van der Waals surface area contributed by atoms with E-state index in [1.54, 1.807) is 12.4 Å². The van der Waals surface area contributed by atoms with Crippen molar-refractivity contribution in [2.24, 2.45) is 0 Å². The Morgan fingerprint density at radius 1 is 0.824 bits per heavy atom. The zero-order valence-corrected chi connectivity index (χ0v) is 28.5. The van der Waals surface area contributed by atoms with Gasteiger partial charge in [0.1, 0.15) is 42.1 Å². The molecule has 2 unspecified atom stereocenters. The highest BCUT2D eigenvalue weighted by Crippen LogP contribution is 2.50. The first-order chi connectivity index (χ1) is 24.9. The fraction of sp³-hybridized carbons (Fsp3) is 0.316. The van der Waals surface area contributed by atoms with Crippen molar-refractivity contribution in [2.45, 2.75) is 43.5 Å². The second-order valence-corrected chi connectivity index (χ2v) is 14.3. The summed E-state index contributed by atoms with van der Waals surface area (Å²) in [5.41, 5.74) is 8.04. The molecule has 2 fully saturated rings. The zero-order valence-electron chi connectivity index (χ0n) is 27.7. The molecule has 10 rings (SSSR count). The van der Waals surface area contributed by atoms with Gasteiger partial charge in [0, 0.05) is 60.6 Å². The van der Waals surface area contributed by atoms with E-state index >= 15 is 0 Å². The van der Waals surface area contributed by atoms with Crippen molar-refractivity contribution >= 4 is 28.2 Å². The molecule has 0 bridgehead atoms. The number of aromatic nitrogens is 5. The number of hydrogen-bond donors (Lipinski definition) is 4. The number of alkyl halides is 2. The Morgan fingerprint density at radius 3 is 2.20 bits per heavy atom. The molecule has 6 aromatic rings. The predicted octanol–water partition coefficient (Wildman–Crippen LogP) is 7.25. The third kappa shape index (κ3) is 5.10. The number of benzene rings is 3. The van der Waals surface area contributed by atoms with E-state index in [0.29, 0.717) is 43.3 Å². The van der Waals surface area contributed by atoms with Gasteiger partial charge in [0.25, 0.3) is 0 Å². The number of hydrogen-bond acceptors (Lipinski definition) is 7. The van der Waals surface area contributed by atoms with E-state index in [2.05, 4.69) is 77.4 Å². The van der Waals surface area contributed by atoms with Crippen LogP contribution in [0.2, 0.25) is 5.02 Å². The molecule has 7 heterocycles. The maximum atomic E-state index is 13.9. The summed E-state index contributed by atoms with van der Waals surface area (Å²) in [5.74, 6) is 2.93. The van der Waals surface area contributed by atoms with E-state index < -0.39 is 18.6 Å². The van der Waals surface area contributed by atoms with Crippen LogP contribution in [0.5, 0.6) is 11.5 Å². The standard InChI is InChI=1S/C38H35ClF2N8O2/c1-48-8-9-50-33-12-21(4-7-31(33)48)38-49-30-6-3-19(28-17-44-36(46-28)26-13-22(40)15-42-26)10-25(30)34(39)35(49)24-5-2-20(11-32(24)51-38)29-18-45-37(47-29)27-14-23(41)16-43-27/h2-7,10-12,17-18,22-23,26-27,38,42-43H,8-9,13-16H2,1H3,(H,44,46)(H,45,47)/t22-,23-,26+,27?,38?/m1/s1. The van der Waals surface area contributed by atoms with Crippen molar-refractivity contribution in [2.75, 3.05) is 38.2 Å². The van der Waals surface area contributed by atoms with Gasteiger partial charge in [0.15, 0.2) is 0 Å². The van der Waals surface area contributed by atoms with Gasteiger partial charge in [0.05, 0.1) is 64.3 Å². The first kappa shape index (κ1) is 30.9. The van der Waals surface area contributed by atoms with E-state index in [0.717, 1.165) is 79.9 Å². The summed E-state index contributed by atoms with van der Waals surface area (Å²) in [6, 6.07) is 18.2. The van der Waals surface area contributed by atoms with Crippen LogP contribution in [0.4, 0.5) is 14.5 Å². The summed E-state index contributed by atoms with van der Waals surface area (Å²) < 4.78 is 43.0. The van der Waals surface area contributed by atoms with Crippen LogP contribution in [-0.2, 0) is 0 Å². The highest BCUT2D eigenvalue weighted by molar-refractivity contribution is 6.38. The predicted molar refractivity (Wildman–Crippen MR) is 192 cm³/mol. The third-order valence-electron chi connectivity index (χ3n) is 10.6. The molecule has 10 nitrogen and oxygen atoms in total. The molecule has 0 radical (unpaired) electrons. The van der Waals surface area contributed by atoms with Gasteiger partial charge in [-0.3, -0.25) is 4.57 Å². The Balaban J connectivity index is 1.08.